The van der Waals surface area contributed by atoms with Crippen molar-refractivity contribution in [2.45, 2.75) is 129 Å². The van der Waals surface area contributed by atoms with E-state index >= 15 is 0 Å². The molecule has 0 aromatic rings. The molecule has 0 aromatic carbocycles. The molecule has 0 radical (unpaired) electrons. The number of amides is 2. The van der Waals surface area contributed by atoms with Crippen molar-refractivity contribution in [2.24, 2.45) is 0 Å². The highest BCUT2D eigenvalue weighted by molar-refractivity contribution is 6.45. The Hall–Kier alpha value is -1.12. The summed E-state index contributed by atoms with van der Waals surface area (Å²) >= 11 is 0. The van der Waals surface area contributed by atoms with Gasteiger partial charge in [0.1, 0.15) is 5.54 Å². The third kappa shape index (κ3) is 8.25. The lowest BCUT2D eigenvalue weighted by Crippen LogP contribution is -2.61. The number of carbonyl (C=O) groups is 2. The predicted molar refractivity (Wildman–Crippen MR) is 134 cm³/mol. The summed E-state index contributed by atoms with van der Waals surface area (Å²) in [6.07, 6.45) is 7.08. The topological polar surface area (TPSA) is 79.9 Å². The molecular weight excluding hydrogens is 417 g/mol. The molecule has 8 heteroatoms. The monoisotopic (exact) mass is 465 g/mol. The first kappa shape index (κ1) is 28.1. The van der Waals surface area contributed by atoms with Gasteiger partial charge < -0.3 is 24.8 Å². The van der Waals surface area contributed by atoms with Gasteiger partial charge in [0.2, 0.25) is 11.8 Å². The van der Waals surface area contributed by atoms with E-state index < -0.39 is 5.54 Å². The lowest BCUT2D eigenvalue weighted by molar-refractivity contribution is -0.135. The van der Waals surface area contributed by atoms with Crippen molar-refractivity contribution in [3.8, 4) is 0 Å². The van der Waals surface area contributed by atoms with E-state index in [0.29, 0.717) is 12.8 Å². The van der Waals surface area contributed by atoms with E-state index in [2.05, 4.69) is 43.2 Å². The molecular formula is C25H48BN3O4. The maximum atomic E-state index is 13.5. The van der Waals surface area contributed by atoms with Crippen LogP contribution in [0.2, 0.25) is 6.32 Å². The third-order valence-electron chi connectivity index (χ3n) is 7.21. The van der Waals surface area contributed by atoms with Crippen molar-refractivity contribution in [2.75, 3.05) is 19.6 Å². The molecule has 2 N–H and O–H groups in total. The maximum Gasteiger partial charge on any atom is 0.457 e. The van der Waals surface area contributed by atoms with Crippen LogP contribution in [0.4, 0.5) is 0 Å². The maximum absolute atomic E-state index is 13.5. The predicted octanol–water partition coefficient (Wildman–Crippen LogP) is 3.91. The molecule has 2 amide bonds. The Balaban J connectivity index is 2.02. The Morgan fingerprint density at radius 1 is 0.909 bits per heavy atom. The summed E-state index contributed by atoms with van der Waals surface area (Å²) in [6, 6.07) is 0. The summed E-state index contributed by atoms with van der Waals surface area (Å²) in [4.78, 5) is 28.1. The fraction of sp³-hybridized carbons (Fsp3) is 0.920. The number of nitrogens with zero attached hydrogens (tertiary/aromatic N) is 1. The number of hydrogen-bond donors (Lipinski definition) is 2. The first-order valence-corrected chi connectivity index (χ1v) is 12.9. The van der Waals surface area contributed by atoms with Crippen LogP contribution in [0.5, 0.6) is 0 Å². The average molecular weight is 465 g/mol. The van der Waals surface area contributed by atoms with Crippen molar-refractivity contribution in [3.63, 3.8) is 0 Å². The van der Waals surface area contributed by atoms with Crippen LogP contribution in [0.1, 0.15) is 100 Å². The molecule has 33 heavy (non-hydrogen) atoms. The van der Waals surface area contributed by atoms with E-state index in [1.807, 2.05) is 20.8 Å². The van der Waals surface area contributed by atoms with Gasteiger partial charge in [-0.05, 0) is 107 Å². The van der Waals surface area contributed by atoms with E-state index in [1.165, 1.54) is 19.8 Å². The first-order chi connectivity index (χ1) is 15.2. The van der Waals surface area contributed by atoms with Crippen LogP contribution >= 0.6 is 0 Å². The number of nitrogens with one attached hydrogen (secondary N) is 2. The number of rotatable bonds is 11. The average Bonchev–Trinajstić information content (AvgIpc) is 3.22. The number of hydrogen-bond acceptors (Lipinski definition) is 5. The molecule has 1 atom stereocenters. The summed E-state index contributed by atoms with van der Waals surface area (Å²) in [5.41, 5.74) is -1.92. The fourth-order valence-electron chi connectivity index (χ4n) is 4.76. The second kappa shape index (κ2) is 11.1. The zero-order chi connectivity index (χ0) is 24.9. The summed E-state index contributed by atoms with van der Waals surface area (Å²) in [6.45, 7) is 18.9. The molecule has 7 nitrogen and oxygen atoms in total. The molecule has 0 bridgehead atoms. The Labute approximate surface area is 202 Å². The van der Waals surface area contributed by atoms with Gasteiger partial charge in [-0.15, -0.1) is 0 Å². The highest BCUT2D eigenvalue weighted by Crippen LogP contribution is 2.38. The van der Waals surface area contributed by atoms with E-state index in [4.69, 9.17) is 9.31 Å². The Kier molecular flexibility index (Phi) is 9.45. The van der Waals surface area contributed by atoms with Gasteiger partial charge in [0.15, 0.2) is 0 Å². The van der Waals surface area contributed by atoms with E-state index in [1.54, 1.807) is 0 Å². The molecule has 2 aliphatic heterocycles. The van der Waals surface area contributed by atoms with Gasteiger partial charge in [0.25, 0.3) is 0 Å². The van der Waals surface area contributed by atoms with Gasteiger partial charge >= 0.3 is 7.12 Å². The number of unbranched alkanes of at least 4 members (excludes halogenated alkanes) is 1. The van der Waals surface area contributed by atoms with Gasteiger partial charge in [-0.25, -0.2) is 0 Å². The van der Waals surface area contributed by atoms with Crippen LogP contribution < -0.4 is 10.6 Å². The zero-order valence-corrected chi connectivity index (χ0v) is 22.4. The van der Waals surface area contributed by atoms with Gasteiger partial charge in [0.05, 0.1) is 11.2 Å². The molecule has 0 saturated carbocycles. The SMILES string of the molecule is CC(=O)NC(CCCCB1OC(C)(C)C(C)(C)O1)(CCCN1CCCC1)C(=O)NC(C)(C)C. The van der Waals surface area contributed by atoms with Crippen molar-refractivity contribution in [1.82, 2.24) is 15.5 Å². The van der Waals surface area contributed by atoms with Gasteiger partial charge in [-0.1, -0.05) is 12.8 Å². The van der Waals surface area contributed by atoms with Crippen molar-refractivity contribution in [1.29, 1.82) is 0 Å². The number of carbonyl (C=O) groups excluding carboxylic acids is 2. The van der Waals surface area contributed by atoms with E-state index in [0.717, 1.165) is 45.2 Å². The molecule has 0 aromatic heterocycles. The largest absolute Gasteiger partial charge is 0.457 e. The Bertz CT molecular complexity index is 655. The van der Waals surface area contributed by atoms with Crippen LogP contribution in [0.3, 0.4) is 0 Å². The third-order valence-corrected chi connectivity index (χ3v) is 7.21. The van der Waals surface area contributed by atoms with Crippen LogP contribution in [-0.4, -0.2) is 65.7 Å². The van der Waals surface area contributed by atoms with Crippen molar-refractivity contribution < 1.29 is 18.9 Å². The molecule has 2 rings (SSSR count). The smallest absolute Gasteiger partial charge is 0.403 e. The van der Waals surface area contributed by atoms with Gasteiger partial charge in [-0.2, -0.15) is 0 Å². The minimum absolute atomic E-state index is 0.0812. The molecule has 1 unspecified atom stereocenters. The molecule has 2 aliphatic rings. The van der Waals surface area contributed by atoms with E-state index in [-0.39, 0.29) is 35.7 Å². The van der Waals surface area contributed by atoms with Crippen LogP contribution in [-0.2, 0) is 18.9 Å². The standard InChI is InChI=1S/C25H48BN3O4/c1-20(30)27-25(21(31)28-22(2,3)4,15-13-19-29-17-11-12-18-29)14-9-10-16-26-32-23(5,6)24(7,8)33-26/h9-19H2,1-8H3,(H,27,30)(H,28,31). The second-order valence-electron chi connectivity index (χ2n) is 12.1. The highest BCUT2D eigenvalue weighted by atomic mass is 16.7. The Morgan fingerprint density at radius 3 is 1.97 bits per heavy atom. The summed E-state index contributed by atoms with van der Waals surface area (Å²) in [5, 5.41) is 6.19. The zero-order valence-electron chi connectivity index (χ0n) is 22.4. The van der Waals surface area contributed by atoms with Crippen LogP contribution in [0.15, 0.2) is 0 Å². The summed E-state index contributed by atoms with van der Waals surface area (Å²) < 4.78 is 12.2. The second-order valence-corrected chi connectivity index (χ2v) is 12.1. The van der Waals surface area contributed by atoms with Gasteiger partial charge in [0, 0.05) is 12.5 Å². The fourth-order valence-corrected chi connectivity index (χ4v) is 4.76. The molecule has 2 fully saturated rings. The van der Waals surface area contributed by atoms with Crippen LogP contribution in [0, 0.1) is 0 Å². The molecule has 0 spiro atoms. The molecule has 2 saturated heterocycles. The highest BCUT2D eigenvalue weighted by Gasteiger charge is 2.50. The molecule has 190 valence electrons. The van der Waals surface area contributed by atoms with Crippen molar-refractivity contribution in [3.05, 3.63) is 0 Å². The molecule has 0 aliphatic carbocycles. The lowest BCUT2D eigenvalue weighted by atomic mass is 9.79. The first-order valence-electron chi connectivity index (χ1n) is 12.9. The Morgan fingerprint density at radius 2 is 1.45 bits per heavy atom. The minimum atomic E-state index is -0.894. The van der Waals surface area contributed by atoms with Gasteiger partial charge in [-0.3, -0.25) is 9.59 Å². The summed E-state index contributed by atoms with van der Waals surface area (Å²) in [7, 11) is -0.233. The van der Waals surface area contributed by atoms with Crippen LogP contribution in [0.25, 0.3) is 0 Å². The normalized spacial score (nSPS) is 22.2. The quantitative estimate of drug-likeness (QED) is 0.357. The minimum Gasteiger partial charge on any atom is -0.403 e. The van der Waals surface area contributed by atoms with Crippen molar-refractivity contribution >= 4 is 18.9 Å². The molecule has 2 heterocycles. The number of likely N-dealkylation sites (tertiary alicyclic amines) is 1. The van der Waals surface area contributed by atoms with E-state index in [9.17, 15) is 9.59 Å². The lowest BCUT2D eigenvalue weighted by Gasteiger charge is -2.36. The summed E-state index contributed by atoms with van der Waals surface area (Å²) in [5.74, 6) is -0.242.